The zero-order valence-electron chi connectivity index (χ0n) is 13.0. The fourth-order valence-electron chi connectivity index (χ4n) is 3.59. The van der Waals surface area contributed by atoms with E-state index in [1.807, 2.05) is 17.9 Å². The van der Waals surface area contributed by atoms with Crippen LogP contribution in [0.2, 0.25) is 0 Å². The van der Waals surface area contributed by atoms with Crippen LogP contribution >= 0.6 is 11.8 Å². The molecule has 2 saturated heterocycles. The molecule has 0 bridgehead atoms. The highest BCUT2D eigenvalue weighted by Crippen LogP contribution is 2.27. The molecule has 2 aliphatic rings. The Bertz CT molecular complexity index is 643. The monoisotopic (exact) mass is 318 g/mol. The Labute approximate surface area is 134 Å². The number of nitrogens with zero attached hydrogens (tertiary/aromatic N) is 6. The maximum Gasteiger partial charge on any atom is 0.163 e. The van der Waals surface area contributed by atoms with Crippen LogP contribution in [0.15, 0.2) is 12.5 Å². The van der Waals surface area contributed by atoms with Crippen LogP contribution in [-0.4, -0.2) is 68.4 Å². The van der Waals surface area contributed by atoms with Gasteiger partial charge in [-0.05, 0) is 12.8 Å². The highest BCUT2D eigenvalue weighted by molar-refractivity contribution is 7.99. The van der Waals surface area contributed by atoms with Crippen LogP contribution in [0, 0.1) is 0 Å². The minimum absolute atomic E-state index is 0.753. The van der Waals surface area contributed by atoms with E-state index >= 15 is 0 Å². The van der Waals surface area contributed by atoms with Crippen LogP contribution in [0.25, 0.3) is 11.0 Å². The molecule has 2 aromatic heterocycles. The topological polar surface area (TPSA) is 50.1 Å². The predicted octanol–water partition coefficient (Wildman–Crippen LogP) is 1.38. The molecular formula is C15H22N6S. The molecule has 0 spiro atoms. The Kier molecular flexibility index (Phi) is 3.92. The summed E-state index contributed by atoms with van der Waals surface area (Å²) in [5.41, 5.74) is 0.917. The van der Waals surface area contributed by atoms with Crippen molar-refractivity contribution in [2.75, 3.05) is 42.6 Å². The van der Waals surface area contributed by atoms with Crippen molar-refractivity contribution < 1.29 is 0 Å². The number of rotatable bonds is 2. The third kappa shape index (κ3) is 2.56. The number of hydrogen-bond donors (Lipinski definition) is 0. The van der Waals surface area contributed by atoms with Gasteiger partial charge < -0.3 is 4.90 Å². The standard InChI is InChI=1S/C15H22N6S/c1-19-14-13(10-18-19)15(17-11-16-14)21-4-2-12(3-5-21)20-6-8-22-9-7-20/h10-12H,2-9H2,1H3. The van der Waals surface area contributed by atoms with Gasteiger partial charge in [-0.2, -0.15) is 16.9 Å². The fraction of sp³-hybridized carbons (Fsp3) is 0.667. The molecule has 6 nitrogen and oxygen atoms in total. The second-order valence-corrected chi connectivity index (χ2v) is 7.29. The van der Waals surface area contributed by atoms with E-state index in [1.165, 1.54) is 37.4 Å². The summed E-state index contributed by atoms with van der Waals surface area (Å²) in [7, 11) is 1.93. The second kappa shape index (κ2) is 6.04. The third-order valence-electron chi connectivity index (χ3n) is 4.83. The minimum atomic E-state index is 0.753. The van der Waals surface area contributed by atoms with Crippen molar-refractivity contribution >= 4 is 28.6 Å². The molecule has 0 N–H and O–H groups in total. The molecule has 0 unspecified atom stereocenters. The lowest BCUT2D eigenvalue weighted by atomic mass is 10.0. The summed E-state index contributed by atoms with van der Waals surface area (Å²) in [4.78, 5) is 14.0. The maximum absolute atomic E-state index is 4.53. The molecule has 4 rings (SSSR count). The van der Waals surface area contributed by atoms with Gasteiger partial charge in [0.05, 0.1) is 11.6 Å². The van der Waals surface area contributed by atoms with Gasteiger partial charge in [0.2, 0.25) is 0 Å². The number of hydrogen-bond acceptors (Lipinski definition) is 6. The number of anilines is 1. The van der Waals surface area contributed by atoms with Crippen molar-refractivity contribution in [1.82, 2.24) is 24.6 Å². The summed E-state index contributed by atoms with van der Waals surface area (Å²) in [6.45, 7) is 4.68. The van der Waals surface area contributed by atoms with E-state index in [2.05, 4.69) is 36.6 Å². The van der Waals surface area contributed by atoms with E-state index in [-0.39, 0.29) is 0 Å². The van der Waals surface area contributed by atoms with E-state index < -0.39 is 0 Å². The molecule has 22 heavy (non-hydrogen) atoms. The van der Waals surface area contributed by atoms with Gasteiger partial charge in [-0.1, -0.05) is 0 Å². The zero-order chi connectivity index (χ0) is 14.9. The van der Waals surface area contributed by atoms with E-state index in [0.29, 0.717) is 0 Å². The first-order chi connectivity index (χ1) is 10.8. The molecule has 2 aliphatic heterocycles. The van der Waals surface area contributed by atoms with Gasteiger partial charge in [0.25, 0.3) is 0 Å². The lowest BCUT2D eigenvalue weighted by molar-refractivity contribution is 0.185. The SMILES string of the molecule is Cn1ncc2c(N3CCC(N4CCSCC4)CC3)ncnc21. The van der Waals surface area contributed by atoms with Gasteiger partial charge in [-0.15, -0.1) is 0 Å². The van der Waals surface area contributed by atoms with Gasteiger partial charge in [0, 0.05) is 50.8 Å². The number of piperidine rings is 1. The Morgan fingerprint density at radius 3 is 2.64 bits per heavy atom. The van der Waals surface area contributed by atoms with Crippen molar-refractivity contribution in [2.24, 2.45) is 7.05 Å². The molecule has 0 amide bonds. The second-order valence-electron chi connectivity index (χ2n) is 6.07. The van der Waals surface area contributed by atoms with Crippen molar-refractivity contribution in [3.8, 4) is 0 Å². The summed E-state index contributed by atoms with van der Waals surface area (Å²) < 4.78 is 1.82. The Balaban J connectivity index is 1.48. The van der Waals surface area contributed by atoms with E-state index in [0.717, 1.165) is 36.0 Å². The average Bonchev–Trinajstić information content (AvgIpc) is 2.97. The lowest BCUT2D eigenvalue weighted by Crippen LogP contribution is -2.48. The Hall–Kier alpha value is -1.34. The summed E-state index contributed by atoms with van der Waals surface area (Å²) in [5, 5.41) is 5.38. The summed E-state index contributed by atoms with van der Waals surface area (Å²) in [6, 6.07) is 0.753. The molecule has 2 aromatic rings. The number of thioether (sulfide) groups is 1. The normalized spacial score (nSPS) is 21.6. The first-order valence-corrected chi connectivity index (χ1v) is 9.18. The minimum Gasteiger partial charge on any atom is -0.356 e. The van der Waals surface area contributed by atoms with Crippen molar-refractivity contribution in [3.63, 3.8) is 0 Å². The zero-order valence-corrected chi connectivity index (χ0v) is 13.8. The van der Waals surface area contributed by atoms with Crippen molar-refractivity contribution in [3.05, 3.63) is 12.5 Å². The van der Waals surface area contributed by atoms with Gasteiger partial charge in [-0.25, -0.2) is 9.97 Å². The molecular weight excluding hydrogens is 296 g/mol. The van der Waals surface area contributed by atoms with Crippen molar-refractivity contribution in [2.45, 2.75) is 18.9 Å². The summed E-state index contributed by atoms with van der Waals surface area (Å²) in [5.74, 6) is 3.64. The number of aryl methyl sites for hydroxylation is 1. The molecule has 2 fully saturated rings. The van der Waals surface area contributed by atoms with Gasteiger partial charge >= 0.3 is 0 Å². The number of fused-ring (bicyclic) bond motifs is 1. The summed E-state index contributed by atoms with van der Waals surface area (Å²) >= 11 is 2.09. The van der Waals surface area contributed by atoms with Crippen LogP contribution in [0.3, 0.4) is 0 Å². The molecule has 0 saturated carbocycles. The van der Waals surface area contributed by atoms with E-state index in [9.17, 15) is 0 Å². The first kappa shape index (κ1) is 14.3. The average molecular weight is 318 g/mol. The number of aromatic nitrogens is 4. The molecule has 0 aromatic carbocycles. The quantitative estimate of drug-likeness (QED) is 0.834. The Morgan fingerprint density at radius 2 is 1.86 bits per heavy atom. The largest absolute Gasteiger partial charge is 0.356 e. The van der Waals surface area contributed by atoms with E-state index in [4.69, 9.17) is 0 Å². The van der Waals surface area contributed by atoms with E-state index in [1.54, 1.807) is 6.33 Å². The third-order valence-corrected chi connectivity index (χ3v) is 5.78. The van der Waals surface area contributed by atoms with Crippen molar-refractivity contribution in [1.29, 1.82) is 0 Å². The van der Waals surface area contributed by atoms with Crippen LogP contribution in [-0.2, 0) is 7.05 Å². The molecule has 4 heterocycles. The smallest absolute Gasteiger partial charge is 0.163 e. The highest BCUT2D eigenvalue weighted by atomic mass is 32.2. The fourth-order valence-corrected chi connectivity index (χ4v) is 4.52. The van der Waals surface area contributed by atoms with Gasteiger partial charge in [0.1, 0.15) is 12.1 Å². The predicted molar refractivity (Wildman–Crippen MR) is 90.4 cm³/mol. The van der Waals surface area contributed by atoms with Crippen LogP contribution < -0.4 is 4.90 Å². The molecule has 0 atom stereocenters. The summed E-state index contributed by atoms with van der Waals surface area (Å²) in [6.07, 6.45) is 6.01. The molecule has 0 radical (unpaired) electrons. The van der Waals surface area contributed by atoms with Gasteiger partial charge in [-0.3, -0.25) is 9.58 Å². The lowest BCUT2D eigenvalue weighted by Gasteiger charge is -2.40. The first-order valence-electron chi connectivity index (χ1n) is 8.02. The Morgan fingerprint density at radius 1 is 1.09 bits per heavy atom. The van der Waals surface area contributed by atoms with Crippen LogP contribution in [0.5, 0.6) is 0 Å². The molecule has 118 valence electrons. The van der Waals surface area contributed by atoms with Crippen LogP contribution in [0.1, 0.15) is 12.8 Å². The highest BCUT2D eigenvalue weighted by Gasteiger charge is 2.27. The molecule has 0 aliphatic carbocycles. The molecule has 7 heteroatoms. The maximum atomic E-state index is 4.53. The van der Waals surface area contributed by atoms with Gasteiger partial charge in [0.15, 0.2) is 5.65 Å². The van der Waals surface area contributed by atoms with Crippen LogP contribution in [0.4, 0.5) is 5.82 Å².